The first-order valence-electron chi connectivity index (χ1n) is 14.4. The highest BCUT2D eigenvalue weighted by Crippen LogP contribution is 2.55. The molecule has 3 fully saturated rings. The van der Waals surface area contributed by atoms with Gasteiger partial charge in [-0.25, -0.2) is 15.0 Å². The normalized spacial score (nSPS) is 21.6. The molecular weight excluding hydrogens is 577 g/mol. The van der Waals surface area contributed by atoms with Gasteiger partial charge in [-0.15, -0.1) is 0 Å². The molecule has 230 valence electrons. The Morgan fingerprint density at radius 3 is 2.55 bits per heavy atom. The third kappa shape index (κ3) is 4.99. The van der Waals surface area contributed by atoms with E-state index in [-0.39, 0.29) is 29.2 Å². The number of rotatable bonds is 7. The van der Waals surface area contributed by atoms with E-state index in [0.29, 0.717) is 54.6 Å². The fraction of sp³-hybridized carbons (Fsp3) is 0.387. The summed E-state index contributed by atoms with van der Waals surface area (Å²) in [6.07, 6.45) is 4.52. The number of fused-ring (bicyclic) bond motifs is 5. The molecule has 1 amide bonds. The second-order valence-corrected chi connectivity index (χ2v) is 11.6. The lowest BCUT2D eigenvalue weighted by Crippen LogP contribution is -2.39. The maximum Gasteiger partial charge on any atom is 0.416 e. The molecule has 0 atom stereocenters. The summed E-state index contributed by atoms with van der Waals surface area (Å²) in [5.74, 6) is -0.262. The number of aromatic nitrogens is 4. The van der Waals surface area contributed by atoms with E-state index in [9.17, 15) is 27.9 Å². The number of aliphatic carboxylic acids is 1. The molecule has 1 aromatic carbocycles. The van der Waals surface area contributed by atoms with E-state index in [4.69, 9.17) is 15.5 Å². The Kier molecular flexibility index (Phi) is 7.21. The molecule has 13 heteroatoms. The number of nitrogens with zero attached hydrogens (tertiary/aromatic N) is 4. The zero-order valence-electron chi connectivity index (χ0n) is 23.9. The summed E-state index contributed by atoms with van der Waals surface area (Å²) in [5.41, 5.74) is 6.23. The zero-order valence-corrected chi connectivity index (χ0v) is 23.9. The van der Waals surface area contributed by atoms with Crippen molar-refractivity contribution < 1.29 is 32.6 Å². The molecule has 0 saturated heterocycles. The van der Waals surface area contributed by atoms with Crippen molar-refractivity contribution in [2.45, 2.75) is 63.5 Å². The van der Waals surface area contributed by atoms with Crippen molar-refractivity contribution in [2.24, 2.45) is 5.41 Å². The van der Waals surface area contributed by atoms with E-state index in [0.717, 1.165) is 37.0 Å². The maximum absolute atomic E-state index is 13.1. The molecule has 0 aliphatic heterocycles. The summed E-state index contributed by atoms with van der Waals surface area (Å²) in [5, 5.41) is 12.4. The topological polar surface area (TPSA) is 145 Å². The summed E-state index contributed by atoms with van der Waals surface area (Å²) in [6, 6.07) is 6.29. The van der Waals surface area contributed by atoms with Gasteiger partial charge in [-0.1, -0.05) is 6.42 Å². The van der Waals surface area contributed by atoms with Gasteiger partial charge in [-0.2, -0.15) is 13.2 Å². The number of carboxylic acid groups (broad SMARTS) is 1. The van der Waals surface area contributed by atoms with E-state index < -0.39 is 29.0 Å². The number of nitrogen functional groups attached to an aromatic ring is 1. The van der Waals surface area contributed by atoms with Crippen molar-refractivity contribution >= 4 is 29.0 Å². The average molecular weight is 609 g/mol. The van der Waals surface area contributed by atoms with Gasteiger partial charge in [0.15, 0.2) is 0 Å². The van der Waals surface area contributed by atoms with Crippen molar-refractivity contribution in [1.82, 2.24) is 19.4 Å². The Bertz CT molecular complexity index is 1760. The molecule has 4 N–H and O–H groups in total. The van der Waals surface area contributed by atoms with Gasteiger partial charge in [0.05, 0.1) is 17.6 Å². The molecule has 3 aliphatic carbocycles. The number of hydrogen-bond donors (Lipinski definition) is 3. The molecule has 0 radical (unpaired) electrons. The van der Waals surface area contributed by atoms with Crippen LogP contribution in [0.3, 0.4) is 0 Å². The number of hydrogen-bond acceptors (Lipinski definition) is 7. The second kappa shape index (κ2) is 10.8. The average Bonchev–Trinajstić information content (AvgIpc) is 3.15. The highest BCUT2D eigenvalue weighted by molar-refractivity contribution is 6.04. The number of carboxylic acids is 1. The molecule has 4 aromatic rings. The first-order chi connectivity index (χ1) is 21.0. The van der Waals surface area contributed by atoms with Crippen LogP contribution in [-0.4, -0.2) is 42.9 Å². The summed E-state index contributed by atoms with van der Waals surface area (Å²) in [7, 11) is 0. The lowest BCUT2D eigenvalue weighted by atomic mass is 9.65. The highest BCUT2D eigenvalue weighted by atomic mass is 19.4. The number of alkyl halides is 3. The molecule has 0 unspecified atom stereocenters. The molecule has 3 saturated carbocycles. The van der Waals surface area contributed by atoms with Crippen molar-refractivity contribution in [3.8, 4) is 17.0 Å². The fourth-order valence-corrected chi connectivity index (χ4v) is 6.75. The fourth-order valence-electron chi connectivity index (χ4n) is 6.75. The number of carbonyl (C=O) groups is 2. The van der Waals surface area contributed by atoms with Crippen molar-refractivity contribution in [3.05, 3.63) is 65.9 Å². The van der Waals surface area contributed by atoms with E-state index in [1.54, 1.807) is 25.4 Å². The lowest BCUT2D eigenvalue weighted by Gasteiger charge is -2.39. The number of benzene rings is 1. The van der Waals surface area contributed by atoms with Gasteiger partial charge in [0, 0.05) is 35.1 Å². The third-order valence-electron chi connectivity index (χ3n) is 9.11. The van der Waals surface area contributed by atoms with Gasteiger partial charge in [-0.3, -0.25) is 14.0 Å². The Labute approximate surface area is 250 Å². The molecule has 3 aromatic heterocycles. The maximum atomic E-state index is 13.1. The molecule has 3 aliphatic rings. The molecule has 3 heterocycles. The molecule has 7 rings (SSSR count). The van der Waals surface area contributed by atoms with Gasteiger partial charge in [0.2, 0.25) is 0 Å². The van der Waals surface area contributed by atoms with Crippen LogP contribution >= 0.6 is 0 Å². The minimum atomic E-state index is -4.58. The predicted octanol–water partition coefficient (Wildman–Crippen LogP) is 6.11. The summed E-state index contributed by atoms with van der Waals surface area (Å²) >= 11 is 0. The Hall–Kier alpha value is -4.68. The van der Waals surface area contributed by atoms with Crippen LogP contribution in [-0.2, 0) is 16.4 Å². The number of pyridine rings is 1. The van der Waals surface area contributed by atoms with E-state index in [1.165, 1.54) is 12.1 Å². The monoisotopic (exact) mass is 608 g/mol. The van der Waals surface area contributed by atoms with Crippen LogP contribution < -0.4 is 15.8 Å². The number of ether oxygens (including phenoxy) is 1. The number of carbonyl (C=O) groups excluding carboxylic acids is 1. The minimum Gasteiger partial charge on any atom is -0.493 e. The van der Waals surface area contributed by atoms with Gasteiger partial charge in [-0.05, 0) is 75.8 Å². The number of nitrogens with one attached hydrogen (secondary N) is 1. The SMILES string of the molecule is CCOc1cc(C(=O)Nc2cc(C(F)(F)F)ccn2)ccc1-c1nc(C23CCCC(C(=O)O)(CC2)CC3)n2ccnc(N)c12. The van der Waals surface area contributed by atoms with Crippen molar-refractivity contribution in [1.29, 1.82) is 0 Å². The Morgan fingerprint density at radius 1 is 1.07 bits per heavy atom. The van der Waals surface area contributed by atoms with Crippen LogP contribution in [0.15, 0.2) is 48.9 Å². The van der Waals surface area contributed by atoms with Crippen LogP contribution in [0.5, 0.6) is 5.75 Å². The molecule has 0 spiro atoms. The Morgan fingerprint density at radius 2 is 1.84 bits per heavy atom. The smallest absolute Gasteiger partial charge is 0.416 e. The first kappa shape index (κ1) is 29.4. The number of imidazole rings is 1. The summed E-state index contributed by atoms with van der Waals surface area (Å²) in [6.45, 7) is 2.05. The van der Waals surface area contributed by atoms with Crippen LogP contribution in [0.4, 0.5) is 24.8 Å². The second-order valence-electron chi connectivity index (χ2n) is 11.6. The number of nitrogens with two attached hydrogens (primary N) is 1. The quantitative estimate of drug-likeness (QED) is 0.228. The standard InChI is InChI=1S/C31H31F3N6O4/c1-2-44-21-16-18(26(41)38-22-17-19(6-13-36-22)31(32,33)34)4-5-20(21)23-24-25(35)37-14-15-40(24)27(39-23)29-7-3-8-30(11-9-29,12-10-29)28(42)43/h4-6,13-17H,2-3,7-12H2,1H3,(H2,35,37)(H,42,43)(H,36,38,41). The van der Waals surface area contributed by atoms with Gasteiger partial charge < -0.3 is 20.9 Å². The summed E-state index contributed by atoms with van der Waals surface area (Å²) < 4.78 is 47.3. The highest BCUT2D eigenvalue weighted by Gasteiger charge is 2.52. The molecule has 10 nitrogen and oxygen atoms in total. The molecular formula is C31H31F3N6O4. The minimum absolute atomic E-state index is 0.144. The Balaban J connectivity index is 1.39. The van der Waals surface area contributed by atoms with E-state index in [2.05, 4.69) is 15.3 Å². The predicted molar refractivity (Wildman–Crippen MR) is 155 cm³/mol. The van der Waals surface area contributed by atoms with Crippen LogP contribution in [0.25, 0.3) is 16.8 Å². The largest absolute Gasteiger partial charge is 0.493 e. The van der Waals surface area contributed by atoms with Crippen molar-refractivity contribution in [3.63, 3.8) is 0 Å². The molecule has 44 heavy (non-hydrogen) atoms. The third-order valence-corrected chi connectivity index (χ3v) is 9.11. The lowest BCUT2D eigenvalue weighted by molar-refractivity contribution is -0.151. The van der Waals surface area contributed by atoms with E-state index >= 15 is 0 Å². The number of anilines is 2. The van der Waals surface area contributed by atoms with E-state index in [1.807, 2.05) is 4.40 Å². The summed E-state index contributed by atoms with van der Waals surface area (Å²) in [4.78, 5) is 38.5. The first-order valence-corrected chi connectivity index (χ1v) is 14.4. The van der Waals surface area contributed by atoms with Gasteiger partial charge >= 0.3 is 12.1 Å². The van der Waals surface area contributed by atoms with Crippen LogP contribution in [0.2, 0.25) is 0 Å². The molecule has 2 bridgehead atoms. The van der Waals surface area contributed by atoms with Gasteiger partial charge in [0.1, 0.15) is 34.4 Å². The zero-order chi connectivity index (χ0) is 31.3. The number of amides is 1. The van der Waals surface area contributed by atoms with Crippen LogP contribution in [0, 0.1) is 5.41 Å². The van der Waals surface area contributed by atoms with Crippen LogP contribution in [0.1, 0.15) is 73.6 Å². The number of halogens is 3. The van der Waals surface area contributed by atoms with Gasteiger partial charge in [0.25, 0.3) is 5.91 Å². The van der Waals surface area contributed by atoms with Crippen molar-refractivity contribution in [2.75, 3.05) is 17.7 Å².